The molecule has 1 saturated heterocycles. The van der Waals surface area contributed by atoms with E-state index in [1.54, 1.807) is 17.3 Å². The standard InChI is InChI=1S/C12H13ClN4O2S/c1-7-15-11(19-16-7)8-3-2-4-17(5-8)12(18)9-10(13)14-6-20-9/h6,8H,2-5H2,1H3. The fraction of sp³-hybridized carbons (Fsp3) is 0.500. The van der Waals surface area contributed by atoms with Gasteiger partial charge in [-0.2, -0.15) is 4.98 Å². The van der Waals surface area contributed by atoms with E-state index in [1.165, 1.54) is 11.3 Å². The van der Waals surface area contributed by atoms with Crippen LogP contribution in [0.1, 0.15) is 40.1 Å². The topological polar surface area (TPSA) is 72.1 Å². The Morgan fingerprint density at radius 1 is 1.60 bits per heavy atom. The molecule has 1 amide bonds. The first kappa shape index (κ1) is 13.5. The van der Waals surface area contributed by atoms with Gasteiger partial charge in [-0.25, -0.2) is 4.98 Å². The van der Waals surface area contributed by atoms with Gasteiger partial charge in [0.25, 0.3) is 5.91 Å². The molecule has 3 heterocycles. The molecule has 1 aliphatic rings. The maximum Gasteiger partial charge on any atom is 0.267 e. The van der Waals surface area contributed by atoms with Gasteiger partial charge in [0, 0.05) is 13.1 Å². The summed E-state index contributed by atoms with van der Waals surface area (Å²) in [5, 5.41) is 4.08. The summed E-state index contributed by atoms with van der Waals surface area (Å²) in [4.78, 5) is 22.9. The van der Waals surface area contributed by atoms with Gasteiger partial charge in [-0.15, -0.1) is 11.3 Å². The first-order valence-electron chi connectivity index (χ1n) is 6.33. The van der Waals surface area contributed by atoms with E-state index < -0.39 is 0 Å². The van der Waals surface area contributed by atoms with Crippen molar-refractivity contribution < 1.29 is 9.32 Å². The number of rotatable bonds is 2. The van der Waals surface area contributed by atoms with Crippen LogP contribution < -0.4 is 0 Å². The molecule has 8 heteroatoms. The number of nitrogens with zero attached hydrogens (tertiary/aromatic N) is 4. The van der Waals surface area contributed by atoms with E-state index in [0.29, 0.717) is 23.1 Å². The van der Waals surface area contributed by atoms with E-state index in [-0.39, 0.29) is 17.0 Å². The fourth-order valence-electron chi connectivity index (χ4n) is 2.36. The molecule has 3 rings (SSSR count). The summed E-state index contributed by atoms with van der Waals surface area (Å²) in [6.07, 6.45) is 1.86. The van der Waals surface area contributed by atoms with Crippen LogP contribution in [0.25, 0.3) is 0 Å². The molecule has 20 heavy (non-hydrogen) atoms. The first-order chi connectivity index (χ1) is 9.65. The second-order valence-electron chi connectivity index (χ2n) is 4.74. The van der Waals surface area contributed by atoms with Crippen molar-refractivity contribution in [3.8, 4) is 0 Å². The molecule has 2 aromatic heterocycles. The highest BCUT2D eigenvalue weighted by Gasteiger charge is 2.30. The molecule has 0 bridgehead atoms. The van der Waals surface area contributed by atoms with Gasteiger partial charge in [0.05, 0.1) is 11.4 Å². The molecule has 1 aliphatic heterocycles. The predicted octanol–water partition coefficient (Wildman–Crippen LogP) is 2.51. The number of hydrogen-bond donors (Lipinski definition) is 0. The zero-order chi connectivity index (χ0) is 14.1. The minimum absolute atomic E-state index is 0.0709. The zero-order valence-corrected chi connectivity index (χ0v) is 12.4. The highest BCUT2D eigenvalue weighted by molar-refractivity contribution is 7.12. The molecule has 6 nitrogen and oxygen atoms in total. The Morgan fingerprint density at radius 2 is 2.45 bits per heavy atom. The molecule has 106 valence electrons. The minimum Gasteiger partial charge on any atom is -0.339 e. The molecule has 1 unspecified atom stereocenters. The van der Waals surface area contributed by atoms with Gasteiger partial charge < -0.3 is 9.42 Å². The number of thiazole rings is 1. The average molecular weight is 313 g/mol. The van der Waals surface area contributed by atoms with Crippen LogP contribution in [0.5, 0.6) is 0 Å². The number of halogens is 1. The second kappa shape index (κ2) is 5.49. The van der Waals surface area contributed by atoms with Crippen molar-refractivity contribution >= 4 is 28.8 Å². The van der Waals surface area contributed by atoms with E-state index in [9.17, 15) is 4.79 Å². The Morgan fingerprint density at radius 3 is 3.10 bits per heavy atom. The summed E-state index contributed by atoms with van der Waals surface area (Å²) < 4.78 is 5.21. The smallest absolute Gasteiger partial charge is 0.267 e. The molecule has 0 aromatic carbocycles. The summed E-state index contributed by atoms with van der Waals surface area (Å²) >= 11 is 7.19. The second-order valence-corrected chi connectivity index (χ2v) is 5.96. The number of likely N-dealkylation sites (tertiary alicyclic amines) is 1. The van der Waals surface area contributed by atoms with Crippen molar-refractivity contribution in [2.45, 2.75) is 25.7 Å². The number of carbonyl (C=O) groups excluding carboxylic acids is 1. The van der Waals surface area contributed by atoms with Gasteiger partial charge in [-0.1, -0.05) is 16.8 Å². The zero-order valence-electron chi connectivity index (χ0n) is 10.9. The number of amides is 1. The van der Waals surface area contributed by atoms with Crippen LogP contribution >= 0.6 is 22.9 Å². The lowest BCUT2D eigenvalue weighted by molar-refractivity contribution is 0.0700. The predicted molar refractivity (Wildman–Crippen MR) is 74.0 cm³/mol. The largest absolute Gasteiger partial charge is 0.339 e. The molecule has 0 aliphatic carbocycles. The van der Waals surface area contributed by atoms with Crippen LogP contribution in [0.4, 0.5) is 0 Å². The summed E-state index contributed by atoms with van der Waals surface area (Å²) in [5.74, 6) is 1.25. The number of aryl methyl sites for hydroxylation is 1. The van der Waals surface area contributed by atoms with Crippen LogP contribution in [0.2, 0.25) is 5.15 Å². The van der Waals surface area contributed by atoms with Gasteiger partial charge in [0.2, 0.25) is 5.89 Å². The van der Waals surface area contributed by atoms with Gasteiger partial charge in [0.15, 0.2) is 11.0 Å². The van der Waals surface area contributed by atoms with Crippen molar-refractivity contribution in [3.63, 3.8) is 0 Å². The minimum atomic E-state index is -0.0709. The van der Waals surface area contributed by atoms with Crippen LogP contribution in [-0.2, 0) is 0 Å². The monoisotopic (exact) mass is 312 g/mol. The van der Waals surface area contributed by atoms with Crippen molar-refractivity contribution in [1.82, 2.24) is 20.0 Å². The third kappa shape index (κ3) is 2.55. The molecule has 0 N–H and O–H groups in total. The summed E-state index contributed by atoms with van der Waals surface area (Å²) in [5.41, 5.74) is 1.58. The van der Waals surface area contributed by atoms with E-state index in [4.69, 9.17) is 16.1 Å². The molecular formula is C12H13ClN4O2S. The Kier molecular flexibility index (Phi) is 3.71. The van der Waals surface area contributed by atoms with Gasteiger partial charge in [0.1, 0.15) is 4.88 Å². The Balaban J connectivity index is 1.75. The number of piperidine rings is 1. The van der Waals surface area contributed by atoms with Crippen molar-refractivity contribution in [3.05, 3.63) is 27.3 Å². The highest BCUT2D eigenvalue weighted by atomic mass is 35.5. The van der Waals surface area contributed by atoms with Crippen molar-refractivity contribution in [2.24, 2.45) is 0 Å². The summed E-state index contributed by atoms with van der Waals surface area (Å²) in [6.45, 7) is 3.08. The van der Waals surface area contributed by atoms with E-state index in [2.05, 4.69) is 15.1 Å². The van der Waals surface area contributed by atoms with E-state index in [0.717, 1.165) is 19.4 Å². The number of hydrogen-bond acceptors (Lipinski definition) is 6. The Labute approximate surface area is 124 Å². The molecule has 1 atom stereocenters. The Hall–Kier alpha value is -1.47. The number of aromatic nitrogens is 3. The van der Waals surface area contributed by atoms with Crippen LogP contribution in [-0.4, -0.2) is 39.0 Å². The summed E-state index contributed by atoms with van der Waals surface area (Å²) in [6, 6.07) is 0. The lowest BCUT2D eigenvalue weighted by Crippen LogP contribution is -2.39. The third-order valence-electron chi connectivity index (χ3n) is 3.32. The highest BCUT2D eigenvalue weighted by Crippen LogP contribution is 2.28. The summed E-state index contributed by atoms with van der Waals surface area (Å²) in [7, 11) is 0. The van der Waals surface area contributed by atoms with Crippen LogP contribution in [0.15, 0.2) is 10.0 Å². The van der Waals surface area contributed by atoms with Gasteiger partial charge >= 0.3 is 0 Å². The molecule has 0 saturated carbocycles. The van der Waals surface area contributed by atoms with Crippen LogP contribution in [0.3, 0.4) is 0 Å². The first-order valence-corrected chi connectivity index (χ1v) is 7.59. The fourth-order valence-corrected chi connectivity index (χ4v) is 3.32. The quantitative estimate of drug-likeness (QED) is 0.852. The van der Waals surface area contributed by atoms with Crippen LogP contribution in [0, 0.1) is 6.92 Å². The molecule has 0 radical (unpaired) electrons. The van der Waals surface area contributed by atoms with Crippen molar-refractivity contribution in [1.29, 1.82) is 0 Å². The molecule has 0 spiro atoms. The SMILES string of the molecule is Cc1noc(C2CCCN(C(=O)c3scnc3Cl)C2)n1. The lowest BCUT2D eigenvalue weighted by Gasteiger charge is -2.30. The van der Waals surface area contributed by atoms with E-state index >= 15 is 0 Å². The van der Waals surface area contributed by atoms with Gasteiger partial charge in [-0.3, -0.25) is 4.79 Å². The number of carbonyl (C=O) groups is 1. The van der Waals surface area contributed by atoms with Crippen molar-refractivity contribution in [2.75, 3.05) is 13.1 Å². The molecule has 1 fully saturated rings. The normalized spacial score (nSPS) is 19.3. The molecular weight excluding hydrogens is 300 g/mol. The molecule has 2 aromatic rings. The average Bonchev–Trinajstić information content (AvgIpc) is 3.07. The third-order valence-corrected chi connectivity index (χ3v) is 4.53. The van der Waals surface area contributed by atoms with E-state index in [1.807, 2.05) is 0 Å². The maximum atomic E-state index is 12.4. The maximum absolute atomic E-state index is 12.4. The lowest BCUT2D eigenvalue weighted by atomic mass is 9.98. The van der Waals surface area contributed by atoms with Gasteiger partial charge in [-0.05, 0) is 19.8 Å². The Bertz CT molecular complexity index is 627.